The van der Waals surface area contributed by atoms with E-state index in [-0.39, 0.29) is 31.8 Å². The largest absolute Gasteiger partial charge is 0.480 e. The van der Waals surface area contributed by atoms with Crippen LogP contribution in [0.1, 0.15) is 32.3 Å². The van der Waals surface area contributed by atoms with Crippen molar-refractivity contribution in [2.75, 3.05) is 13.2 Å². The molecule has 0 fully saturated rings. The van der Waals surface area contributed by atoms with Crippen molar-refractivity contribution in [2.24, 2.45) is 22.2 Å². The number of rotatable bonds is 17. The number of aliphatic hydroxyl groups excluding tert-OH is 2. The fourth-order valence-corrected chi connectivity index (χ4v) is 4.12. The van der Waals surface area contributed by atoms with E-state index in [4.69, 9.17) is 17.2 Å². The Morgan fingerprint density at radius 2 is 1.52 bits per heavy atom. The van der Waals surface area contributed by atoms with Gasteiger partial charge in [-0.2, -0.15) is 0 Å². The normalized spacial score (nSPS) is 15.1. The SMILES string of the molecule is CC(NC(=O)C(CO)NC(=O)C(CCCN=C(N)N)NC(=O)C(N)C(C)O)C(=O)NC(Cc1c[nH]c2ccccc12)C(=O)O. The molecule has 0 saturated carbocycles. The summed E-state index contributed by atoms with van der Waals surface area (Å²) in [6, 6.07) is 0.573. The maximum atomic E-state index is 13.0. The molecule has 242 valence electrons. The van der Waals surface area contributed by atoms with Crippen molar-refractivity contribution < 1.29 is 39.3 Å². The van der Waals surface area contributed by atoms with Crippen LogP contribution in [0.25, 0.3) is 10.9 Å². The Morgan fingerprint density at radius 1 is 0.909 bits per heavy atom. The number of para-hydroxylation sites is 1. The first kappa shape index (κ1) is 35.5. The average Bonchev–Trinajstić information content (AvgIpc) is 3.38. The lowest BCUT2D eigenvalue weighted by Crippen LogP contribution is -2.59. The highest BCUT2D eigenvalue weighted by atomic mass is 16.4. The number of carbonyl (C=O) groups excluding carboxylic acids is 4. The van der Waals surface area contributed by atoms with E-state index >= 15 is 0 Å². The van der Waals surface area contributed by atoms with Crippen LogP contribution in [0.4, 0.5) is 0 Å². The van der Waals surface area contributed by atoms with Gasteiger partial charge >= 0.3 is 5.97 Å². The molecule has 0 bridgehead atoms. The fraction of sp³-hybridized carbons (Fsp3) is 0.481. The Balaban J connectivity index is 2.04. The summed E-state index contributed by atoms with van der Waals surface area (Å²) in [5.41, 5.74) is 17.7. The first-order valence-corrected chi connectivity index (χ1v) is 13.8. The van der Waals surface area contributed by atoms with Gasteiger partial charge in [0.25, 0.3) is 0 Å². The van der Waals surface area contributed by atoms with Gasteiger partial charge < -0.3 is 58.8 Å². The number of H-pyrrole nitrogens is 1. The minimum Gasteiger partial charge on any atom is -0.480 e. The Hall–Kier alpha value is -4.74. The number of carboxylic acid groups (broad SMARTS) is 1. The second kappa shape index (κ2) is 16.8. The van der Waals surface area contributed by atoms with Gasteiger partial charge in [0.15, 0.2) is 5.96 Å². The first-order valence-electron chi connectivity index (χ1n) is 13.8. The monoisotopic (exact) mass is 619 g/mol. The summed E-state index contributed by atoms with van der Waals surface area (Å²) in [4.78, 5) is 69.8. The van der Waals surface area contributed by atoms with Gasteiger partial charge in [-0.1, -0.05) is 18.2 Å². The van der Waals surface area contributed by atoms with Crippen molar-refractivity contribution >= 4 is 46.5 Å². The number of carbonyl (C=O) groups is 5. The number of aliphatic imine (C=N–C) groups is 1. The summed E-state index contributed by atoms with van der Waals surface area (Å²) < 4.78 is 0. The van der Waals surface area contributed by atoms with E-state index in [1.165, 1.54) is 13.8 Å². The molecule has 6 unspecified atom stereocenters. The minimum atomic E-state index is -1.54. The molecule has 17 nitrogen and oxygen atoms in total. The van der Waals surface area contributed by atoms with Crippen molar-refractivity contribution in [2.45, 2.75) is 69.4 Å². The molecular weight excluding hydrogens is 578 g/mol. The molecule has 1 aromatic carbocycles. The highest BCUT2D eigenvalue weighted by molar-refractivity contribution is 5.95. The lowest BCUT2D eigenvalue weighted by atomic mass is 10.0. The maximum Gasteiger partial charge on any atom is 0.326 e. The van der Waals surface area contributed by atoms with Crippen molar-refractivity contribution in [3.8, 4) is 0 Å². The smallest absolute Gasteiger partial charge is 0.326 e. The van der Waals surface area contributed by atoms with Crippen molar-refractivity contribution in [1.29, 1.82) is 0 Å². The third kappa shape index (κ3) is 10.5. The van der Waals surface area contributed by atoms with E-state index < -0.39 is 72.5 Å². The lowest BCUT2D eigenvalue weighted by Gasteiger charge is -2.25. The quantitative estimate of drug-likeness (QED) is 0.0469. The number of nitrogens with two attached hydrogens (primary N) is 3. The number of hydrogen-bond donors (Lipinski definition) is 11. The zero-order valence-corrected chi connectivity index (χ0v) is 24.4. The number of aromatic nitrogens is 1. The highest BCUT2D eigenvalue weighted by Crippen LogP contribution is 2.19. The molecule has 6 atom stereocenters. The third-order valence-electron chi connectivity index (χ3n) is 6.68. The zero-order valence-electron chi connectivity index (χ0n) is 24.4. The highest BCUT2D eigenvalue weighted by Gasteiger charge is 2.31. The molecule has 0 radical (unpaired) electrons. The van der Waals surface area contributed by atoms with E-state index in [0.29, 0.717) is 5.56 Å². The summed E-state index contributed by atoms with van der Waals surface area (Å²) in [6.45, 7) is 1.85. The molecular formula is C27H41N9O8. The number of benzene rings is 1. The molecule has 0 spiro atoms. The van der Waals surface area contributed by atoms with E-state index in [2.05, 4.69) is 31.2 Å². The van der Waals surface area contributed by atoms with Gasteiger partial charge in [-0.15, -0.1) is 0 Å². The average molecular weight is 620 g/mol. The van der Waals surface area contributed by atoms with Gasteiger partial charge in [0.05, 0.1) is 12.7 Å². The molecule has 1 heterocycles. The number of nitrogens with one attached hydrogen (secondary N) is 5. The summed E-state index contributed by atoms with van der Waals surface area (Å²) in [5.74, 6) is -4.92. The van der Waals surface area contributed by atoms with Crippen LogP contribution in [0.15, 0.2) is 35.5 Å². The second-order valence-electron chi connectivity index (χ2n) is 10.2. The van der Waals surface area contributed by atoms with Gasteiger partial charge in [-0.25, -0.2) is 4.79 Å². The van der Waals surface area contributed by atoms with E-state index in [1.54, 1.807) is 12.3 Å². The molecule has 2 rings (SSSR count). The van der Waals surface area contributed by atoms with Gasteiger partial charge in [0.1, 0.15) is 30.2 Å². The van der Waals surface area contributed by atoms with Crippen LogP contribution < -0.4 is 38.5 Å². The van der Waals surface area contributed by atoms with Crippen molar-refractivity contribution in [3.05, 3.63) is 36.0 Å². The molecule has 4 amide bonds. The van der Waals surface area contributed by atoms with E-state index in [1.807, 2.05) is 18.2 Å². The molecule has 1 aromatic heterocycles. The third-order valence-corrected chi connectivity index (χ3v) is 6.68. The fourth-order valence-electron chi connectivity index (χ4n) is 4.12. The summed E-state index contributed by atoms with van der Waals surface area (Å²) in [6.07, 6.45) is 0.646. The molecule has 0 aliphatic heterocycles. The number of guanidine groups is 1. The minimum absolute atomic E-state index is 0.00641. The van der Waals surface area contributed by atoms with E-state index in [0.717, 1.165) is 10.9 Å². The molecule has 0 aliphatic rings. The van der Waals surface area contributed by atoms with Crippen LogP contribution in [-0.4, -0.2) is 105 Å². The van der Waals surface area contributed by atoms with Gasteiger partial charge in [0.2, 0.25) is 23.6 Å². The van der Waals surface area contributed by atoms with Crippen LogP contribution >= 0.6 is 0 Å². The van der Waals surface area contributed by atoms with Crippen LogP contribution in [0, 0.1) is 0 Å². The van der Waals surface area contributed by atoms with Crippen LogP contribution in [0.2, 0.25) is 0 Å². The Morgan fingerprint density at radius 3 is 2.14 bits per heavy atom. The number of nitrogens with zero attached hydrogens (tertiary/aromatic N) is 1. The number of carboxylic acids is 1. The summed E-state index contributed by atoms with van der Waals surface area (Å²) in [5, 5.41) is 39.3. The van der Waals surface area contributed by atoms with Gasteiger partial charge in [-0.3, -0.25) is 24.2 Å². The van der Waals surface area contributed by atoms with Crippen LogP contribution in [0.5, 0.6) is 0 Å². The van der Waals surface area contributed by atoms with Crippen LogP contribution in [-0.2, 0) is 30.4 Å². The zero-order chi connectivity index (χ0) is 33.0. The molecule has 2 aromatic rings. The molecule has 0 aliphatic carbocycles. The molecule has 44 heavy (non-hydrogen) atoms. The summed E-state index contributed by atoms with van der Waals surface area (Å²) >= 11 is 0. The predicted molar refractivity (Wildman–Crippen MR) is 160 cm³/mol. The number of aromatic amines is 1. The van der Waals surface area contributed by atoms with Crippen molar-refractivity contribution in [1.82, 2.24) is 26.3 Å². The van der Waals surface area contributed by atoms with Crippen molar-refractivity contribution in [3.63, 3.8) is 0 Å². The Kier molecular flexibility index (Phi) is 13.5. The number of fused-ring (bicyclic) bond motifs is 1. The van der Waals surface area contributed by atoms with Crippen LogP contribution in [0.3, 0.4) is 0 Å². The van der Waals surface area contributed by atoms with E-state index in [9.17, 15) is 39.3 Å². The number of aliphatic carboxylic acids is 1. The summed E-state index contributed by atoms with van der Waals surface area (Å²) in [7, 11) is 0. The molecule has 17 heteroatoms. The predicted octanol–water partition coefficient (Wildman–Crippen LogP) is -3.49. The van der Waals surface area contributed by atoms with Gasteiger partial charge in [-0.05, 0) is 38.3 Å². The Labute approximate surface area is 253 Å². The topological polar surface area (TPSA) is 300 Å². The number of aliphatic hydroxyl groups is 2. The number of amides is 4. The second-order valence-corrected chi connectivity index (χ2v) is 10.2. The van der Waals surface area contributed by atoms with Gasteiger partial charge in [0, 0.05) is 30.1 Å². The molecule has 14 N–H and O–H groups in total. The molecule has 0 saturated heterocycles. The first-order chi connectivity index (χ1) is 20.7. The maximum absolute atomic E-state index is 13.0. The number of hydrogen-bond acceptors (Lipinski definition) is 9. The standard InChI is InChI=1S/C27H41N9O8/c1-13(22(39)35-19(26(43)44)10-15-11-32-17-7-4-3-6-16(15)17)33-24(41)20(12-37)36-23(40)18(8-5-9-31-27(29)30)34-25(42)21(28)14(2)38/h3-4,6-7,11,13-14,18-21,32,37-38H,5,8-10,12,28H2,1-2H3,(H,33,41)(H,34,42)(H,35,39)(H,36,40)(H,43,44)(H4,29,30,31). The Bertz CT molecular complexity index is 1340. The lowest BCUT2D eigenvalue weighted by molar-refractivity contribution is -0.142.